The van der Waals surface area contributed by atoms with Crippen molar-refractivity contribution in [3.05, 3.63) is 0 Å². The van der Waals surface area contributed by atoms with E-state index in [2.05, 4.69) is 11.7 Å². The second kappa shape index (κ2) is 30.5. The Bertz CT molecular complexity index is 508. The van der Waals surface area contributed by atoms with Crippen molar-refractivity contribution in [3.8, 4) is 0 Å². The molecule has 0 aliphatic carbocycles. The predicted molar refractivity (Wildman–Crippen MR) is 158 cm³/mol. The van der Waals surface area contributed by atoms with Crippen LogP contribution in [0.5, 0.6) is 0 Å². The van der Waals surface area contributed by atoms with Gasteiger partial charge in [0.15, 0.2) is 0 Å². The molecule has 6 saturated heterocycles. The van der Waals surface area contributed by atoms with Gasteiger partial charge in [-0.05, 0) is 13.8 Å². The largest absolute Gasteiger partial charge is 0.382 e. The Morgan fingerprint density at radius 2 is 0.833 bits per heavy atom. The summed E-state index contributed by atoms with van der Waals surface area (Å²) in [7, 11) is 6.63. The van der Waals surface area contributed by atoms with Gasteiger partial charge in [0, 0.05) is 35.0 Å². The minimum absolute atomic E-state index is 0. The lowest BCUT2D eigenvalue weighted by molar-refractivity contribution is -0.0351. The molecule has 6 rings (SSSR count). The van der Waals surface area contributed by atoms with Crippen molar-refractivity contribution in [2.75, 3.05) is 128 Å². The minimum Gasteiger partial charge on any atom is -0.382 e. The Hall–Kier alpha value is -0.520. The van der Waals surface area contributed by atoms with Crippen molar-refractivity contribution in [1.29, 1.82) is 0 Å². The third kappa shape index (κ3) is 39.5. The van der Waals surface area contributed by atoms with E-state index in [1.54, 1.807) is 28.4 Å². The molecule has 0 radical (unpaired) electrons. The van der Waals surface area contributed by atoms with Gasteiger partial charge in [0.2, 0.25) is 0 Å². The SMILES string of the molecule is C.C.CC1CO1.CCOCC1CO1.COCC1CO1.COCC1CO1.COCCOCC1CO1.COCOCC1CO1. The zero-order valence-corrected chi connectivity index (χ0v) is 25.4. The van der Waals surface area contributed by atoms with E-state index in [1.807, 2.05) is 6.92 Å². The number of rotatable bonds is 16. The number of hydrogen-bond acceptors (Lipinski definition) is 13. The van der Waals surface area contributed by atoms with Crippen LogP contribution in [-0.4, -0.2) is 164 Å². The molecule has 0 amide bonds. The fourth-order valence-electron chi connectivity index (χ4n) is 2.16. The first-order valence-corrected chi connectivity index (χ1v) is 13.9. The third-order valence-corrected chi connectivity index (χ3v) is 4.97. The normalized spacial score (nSPS) is 27.3. The van der Waals surface area contributed by atoms with E-state index in [4.69, 9.17) is 56.8 Å². The van der Waals surface area contributed by atoms with Crippen LogP contribution in [-0.2, 0) is 61.6 Å². The fourth-order valence-corrected chi connectivity index (χ4v) is 2.16. The Morgan fingerprint density at radius 3 is 1.10 bits per heavy atom. The maximum atomic E-state index is 5.15. The average Bonchev–Trinajstić information content (AvgIpc) is 3.75. The summed E-state index contributed by atoms with van der Waals surface area (Å²) in [6.45, 7) is 15.7. The molecule has 0 aromatic carbocycles. The van der Waals surface area contributed by atoms with Crippen LogP contribution in [0.25, 0.3) is 0 Å². The smallest absolute Gasteiger partial charge is 0.146 e. The topological polar surface area (TPSA) is 140 Å². The molecule has 6 fully saturated rings. The zero-order valence-electron chi connectivity index (χ0n) is 25.4. The predicted octanol–water partition coefficient (Wildman–Crippen LogP) is 2.22. The molecule has 6 unspecified atom stereocenters. The molecule has 0 saturated carbocycles. The second-order valence-corrected chi connectivity index (χ2v) is 9.34. The first kappa shape index (κ1) is 43.6. The van der Waals surface area contributed by atoms with Crippen molar-refractivity contribution in [3.63, 3.8) is 0 Å². The molecule has 0 spiro atoms. The molecule has 0 bridgehead atoms. The van der Waals surface area contributed by atoms with Gasteiger partial charge in [-0.15, -0.1) is 0 Å². The van der Waals surface area contributed by atoms with E-state index in [0.29, 0.717) is 63.2 Å². The van der Waals surface area contributed by atoms with Crippen LogP contribution in [0.3, 0.4) is 0 Å². The maximum absolute atomic E-state index is 5.15. The quantitative estimate of drug-likeness (QED) is 0.142. The lowest BCUT2D eigenvalue weighted by Gasteiger charge is -1.98. The highest BCUT2D eigenvalue weighted by Crippen LogP contribution is 2.09. The molecule has 0 N–H and O–H groups in total. The molecule has 256 valence electrons. The van der Waals surface area contributed by atoms with Gasteiger partial charge in [-0.3, -0.25) is 0 Å². The Labute approximate surface area is 254 Å². The molecule has 13 heteroatoms. The van der Waals surface area contributed by atoms with Gasteiger partial charge in [-0.1, -0.05) is 14.9 Å². The molecule has 6 atom stereocenters. The van der Waals surface area contributed by atoms with Crippen molar-refractivity contribution >= 4 is 0 Å². The van der Waals surface area contributed by atoms with Gasteiger partial charge in [0.05, 0.1) is 92.0 Å². The van der Waals surface area contributed by atoms with E-state index in [-0.39, 0.29) is 14.9 Å². The van der Waals surface area contributed by atoms with Crippen molar-refractivity contribution in [1.82, 2.24) is 0 Å². The van der Waals surface area contributed by atoms with Crippen LogP contribution >= 0.6 is 0 Å². The molecule has 6 aliphatic rings. The Balaban J connectivity index is 0. The van der Waals surface area contributed by atoms with Crippen LogP contribution in [0, 0.1) is 0 Å². The number of hydrogen-bond donors (Lipinski definition) is 0. The van der Waals surface area contributed by atoms with Gasteiger partial charge in [0.1, 0.15) is 37.3 Å². The van der Waals surface area contributed by atoms with E-state index >= 15 is 0 Å². The molecule has 13 nitrogen and oxygen atoms in total. The first-order valence-electron chi connectivity index (χ1n) is 13.9. The van der Waals surface area contributed by atoms with E-state index in [1.165, 1.54) is 0 Å². The van der Waals surface area contributed by atoms with Gasteiger partial charge in [0.25, 0.3) is 0 Å². The van der Waals surface area contributed by atoms with Crippen LogP contribution < -0.4 is 0 Å². The monoisotopic (exact) mass is 618 g/mol. The zero-order chi connectivity index (χ0) is 29.3. The Morgan fingerprint density at radius 1 is 0.476 bits per heavy atom. The van der Waals surface area contributed by atoms with Gasteiger partial charge in [-0.2, -0.15) is 0 Å². The van der Waals surface area contributed by atoms with Gasteiger partial charge >= 0.3 is 0 Å². The lowest BCUT2D eigenvalue weighted by Crippen LogP contribution is -2.06. The van der Waals surface area contributed by atoms with Gasteiger partial charge in [-0.25, -0.2) is 0 Å². The molecule has 0 aromatic heterocycles. The van der Waals surface area contributed by atoms with Gasteiger partial charge < -0.3 is 61.6 Å². The number of methoxy groups -OCH3 is 4. The van der Waals surface area contributed by atoms with E-state index in [9.17, 15) is 0 Å². The van der Waals surface area contributed by atoms with Crippen molar-refractivity contribution < 1.29 is 61.6 Å². The molecule has 6 heterocycles. The molecule has 42 heavy (non-hydrogen) atoms. The molecular weight excluding hydrogens is 556 g/mol. The lowest BCUT2D eigenvalue weighted by atomic mass is 10.5. The highest BCUT2D eigenvalue weighted by molar-refractivity contribution is 4.68. The molecule has 6 aliphatic heterocycles. The summed E-state index contributed by atoms with van der Waals surface area (Å²) < 4.78 is 63.1. The van der Waals surface area contributed by atoms with Crippen molar-refractivity contribution in [2.24, 2.45) is 0 Å². The number of ether oxygens (including phenoxy) is 13. The molecule has 0 aromatic rings. The summed E-state index contributed by atoms with van der Waals surface area (Å²) in [5, 5.41) is 0. The molecular formula is C29H62O13. The fraction of sp³-hybridized carbons (Fsp3) is 1.00. The summed E-state index contributed by atoms with van der Waals surface area (Å²) in [6.07, 6.45) is 2.59. The van der Waals surface area contributed by atoms with Crippen LogP contribution in [0.1, 0.15) is 28.7 Å². The highest BCUT2D eigenvalue weighted by atomic mass is 16.7. The van der Waals surface area contributed by atoms with Crippen LogP contribution in [0.2, 0.25) is 0 Å². The van der Waals surface area contributed by atoms with Crippen molar-refractivity contribution in [2.45, 2.75) is 65.3 Å². The highest BCUT2D eigenvalue weighted by Gasteiger charge is 2.23. The van der Waals surface area contributed by atoms with Crippen LogP contribution in [0.4, 0.5) is 0 Å². The number of epoxide rings is 6. The van der Waals surface area contributed by atoms with Crippen LogP contribution in [0.15, 0.2) is 0 Å². The van der Waals surface area contributed by atoms with E-state index in [0.717, 1.165) is 72.7 Å². The maximum Gasteiger partial charge on any atom is 0.146 e. The Kier molecular flexibility index (Phi) is 31.7. The summed E-state index contributed by atoms with van der Waals surface area (Å²) in [6, 6.07) is 0. The average molecular weight is 619 g/mol. The standard InChI is InChI=1S/C6H12O3.C5H10O3.C5H10O2.2C4H8O2.C3H6O.2CH4/c1-7-2-3-8-4-6-5-9-6;1-6-4-7-2-5-3-8-5;1-2-6-3-5-4-7-5;2*1-5-2-4-3-6-4;1-3-2-4-3;;/h6H,2-5H2,1H3;5H,2-4H2,1H3;5H,2-4H2,1H3;2*4H,2-3H2,1H3;3H,2H2,1H3;2*1H4. The summed E-state index contributed by atoms with van der Waals surface area (Å²) in [4.78, 5) is 0. The summed E-state index contributed by atoms with van der Waals surface area (Å²) in [5.74, 6) is 0. The third-order valence-electron chi connectivity index (χ3n) is 4.97. The first-order chi connectivity index (χ1) is 19.6. The summed E-state index contributed by atoms with van der Waals surface area (Å²) >= 11 is 0. The van der Waals surface area contributed by atoms with E-state index < -0.39 is 0 Å². The second-order valence-electron chi connectivity index (χ2n) is 9.34. The minimum atomic E-state index is 0. The summed E-state index contributed by atoms with van der Waals surface area (Å²) in [5.41, 5.74) is 0.